The summed E-state index contributed by atoms with van der Waals surface area (Å²) >= 11 is 0. The van der Waals surface area contributed by atoms with Crippen LogP contribution in [0.1, 0.15) is 0 Å². The molecule has 7 aromatic carbocycles. The van der Waals surface area contributed by atoms with Crippen molar-refractivity contribution in [1.82, 2.24) is 14.5 Å². The van der Waals surface area contributed by atoms with Crippen LogP contribution < -0.4 is 0 Å². The van der Waals surface area contributed by atoms with Gasteiger partial charge < -0.3 is 13.4 Å². The number of fused-ring (bicyclic) bond motifs is 5. The van der Waals surface area contributed by atoms with Gasteiger partial charge in [-0.15, -0.1) is 0 Å². The van der Waals surface area contributed by atoms with Crippen LogP contribution in [0.5, 0.6) is 0 Å². The molecule has 51 heavy (non-hydrogen) atoms. The van der Waals surface area contributed by atoms with Crippen molar-refractivity contribution in [3.8, 4) is 50.8 Å². The van der Waals surface area contributed by atoms with Gasteiger partial charge in [0.05, 0.1) is 17.6 Å². The number of para-hydroxylation sites is 4. The standard InChI is InChI=1S/C45H26N4O2/c1-46-34-8-6-7-31(25-34)30-15-13-28(14-16-30)29-17-21-35(22-18-29)49-40-23-19-32(44-47-38-9-2-4-11-42(38)50-44)26-36(40)37-27-33(20-24-41(37)49)45-48-39-10-3-5-12-43(39)51-45/h2-27H. The summed E-state index contributed by atoms with van der Waals surface area (Å²) in [5.41, 5.74) is 13.2. The van der Waals surface area contributed by atoms with E-state index in [1.54, 1.807) is 0 Å². The van der Waals surface area contributed by atoms with Gasteiger partial charge >= 0.3 is 0 Å². The van der Waals surface area contributed by atoms with Gasteiger partial charge in [0, 0.05) is 27.6 Å². The molecular formula is C45H26N4O2. The first kappa shape index (κ1) is 28.8. The summed E-state index contributed by atoms with van der Waals surface area (Å²) in [7, 11) is 0. The predicted molar refractivity (Wildman–Crippen MR) is 204 cm³/mol. The van der Waals surface area contributed by atoms with Gasteiger partial charge in [-0.2, -0.15) is 0 Å². The predicted octanol–water partition coefficient (Wildman–Crippen LogP) is 12.3. The number of nitrogens with zero attached hydrogens (tertiary/aromatic N) is 4. The second kappa shape index (κ2) is 11.4. The Morgan fingerprint density at radius 3 is 1.47 bits per heavy atom. The van der Waals surface area contributed by atoms with Gasteiger partial charge in [-0.1, -0.05) is 78.9 Å². The molecule has 0 N–H and O–H groups in total. The van der Waals surface area contributed by atoms with Crippen molar-refractivity contribution < 1.29 is 8.83 Å². The van der Waals surface area contributed by atoms with Gasteiger partial charge in [-0.25, -0.2) is 14.8 Å². The normalized spacial score (nSPS) is 11.5. The van der Waals surface area contributed by atoms with Gasteiger partial charge in [0.1, 0.15) is 11.0 Å². The Morgan fingerprint density at radius 2 is 0.941 bits per heavy atom. The Hall–Kier alpha value is -7.23. The Morgan fingerprint density at radius 1 is 0.451 bits per heavy atom. The van der Waals surface area contributed by atoms with Gasteiger partial charge in [0.2, 0.25) is 11.8 Å². The Balaban J connectivity index is 1.08. The number of aromatic nitrogens is 3. The Bertz CT molecular complexity index is 2780. The van der Waals surface area contributed by atoms with Gasteiger partial charge in [0.25, 0.3) is 0 Å². The SMILES string of the molecule is [C-]#[N+]c1cccc(-c2ccc(-c3ccc(-n4c5ccc(-c6nc7ccccc7o6)cc5c5cc(-c6nc7ccccc7o6)ccc54)cc3)cc2)c1. The molecule has 0 aliphatic carbocycles. The number of hydrogen-bond acceptors (Lipinski definition) is 4. The molecule has 0 saturated heterocycles. The van der Waals surface area contributed by atoms with E-state index in [9.17, 15) is 0 Å². The monoisotopic (exact) mass is 654 g/mol. The van der Waals surface area contributed by atoms with Crippen LogP contribution in [0, 0.1) is 6.57 Å². The topological polar surface area (TPSA) is 61.4 Å². The van der Waals surface area contributed by atoms with Crippen LogP contribution in [0.25, 0.3) is 99.7 Å². The molecule has 0 fully saturated rings. The third-order valence-electron chi connectivity index (χ3n) is 9.50. The number of hydrogen-bond donors (Lipinski definition) is 0. The van der Waals surface area contributed by atoms with Crippen LogP contribution >= 0.6 is 0 Å². The fraction of sp³-hybridized carbons (Fsp3) is 0. The Labute approximate surface area is 292 Å². The minimum atomic E-state index is 0.587. The first-order valence-corrected chi connectivity index (χ1v) is 16.7. The molecule has 6 heteroatoms. The van der Waals surface area contributed by atoms with Crippen LogP contribution in [0.3, 0.4) is 0 Å². The molecule has 0 bridgehead atoms. The van der Waals surface area contributed by atoms with Crippen molar-refractivity contribution in [3.63, 3.8) is 0 Å². The maximum atomic E-state index is 7.35. The fourth-order valence-corrected chi connectivity index (χ4v) is 6.97. The summed E-state index contributed by atoms with van der Waals surface area (Å²) in [6.45, 7) is 7.35. The molecular weight excluding hydrogens is 629 g/mol. The van der Waals surface area contributed by atoms with Gasteiger partial charge in [-0.3, -0.25) is 0 Å². The average Bonchev–Trinajstić information content (AvgIpc) is 3.92. The van der Waals surface area contributed by atoms with Crippen molar-refractivity contribution in [2.24, 2.45) is 0 Å². The Kier molecular flexibility index (Phi) is 6.45. The van der Waals surface area contributed by atoms with Crippen LogP contribution in [0.2, 0.25) is 0 Å². The van der Waals surface area contributed by atoms with E-state index in [0.717, 1.165) is 83.1 Å². The lowest BCUT2D eigenvalue weighted by Crippen LogP contribution is -1.94. The van der Waals surface area contributed by atoms with Crippen molar-refractivity contribution in [3.05, 3.63) is 169 Å². The number of rotatable bonds is 5. The largest absolute Gasteiger partial charge is 0.436 e. The maximum absolute atomic E-state index is 7.35. The van der Waals surface area contributed by atoms with E-state index in [4.69, 9.17) is 25.4 Å². The molecule has 0 unspecified atom stereocenters. The van der Waals surface area contributed by atoms with E-state index in [-0.39, 0.29) is 0 Å². The molecule has 238 valence electrons. The molecule has 10 rings (SSSR count). The summed E-state index contributed by atoms with van der Waals surface area (Å²) in [5.74, 6) is 1.17. The molecule has 0 saturated carbocycles. The number of benzene rings is 7. The highest BCUT2D eigenvalue weighted by Crippen LogP contribution is 2.38. The molecule has 3 aromatic heterocycles. The van der Waals surface area contributed by atoms with Crippen molar-refractivity contribution >= 4 is 49.7 Å². The highest BCUT2D eigenvalue weighted by Gasteiger charge is 2.18. The second-order valence-corrected chi connectivity index (χ2v) is 12.6. The highest BCUT2D eigenvalue weighted by molar-refractivity contribution is 6.11. The quantitative estimate of drug-likeness (QED) is 0.173. The van der Waals surface area contributed by atoms with Crippen LogP contribution in [-0.2, 0) is 0 Å². The zero-order valence-corrected chi connectivity index (χ0v) is 27.1. The average molecular weight is 655 g/mol. The number of oxazole rings is 2. The van der Waals surface area contributed by atoms with E-state index < -0.39 is 0 Å². The van der Waals surface area contributed by atoms with Crippen LogP contribution in [0.4, 0.5) is 5.69 Å². The lowest BCUT2D eigenvalue weighted by atomic mass is 10.00. The maximum Gasteiger partial charge on any atom is 0.227 e. The minimum absolute atomic E-state index is 0.587. The molecule has 0 aliphatic heterocycles. The molecule has 0 amide bonds. The lowest BCUT2D eigenvalue weighted by Gasteiger charge is -2.10. The molecule has 6 nitrogen and oxygen atoms in total. The first-order chi connectivity index (χ1) is 25.2. The summed E-state index contributed by atoms with van der Waals surface area (Å²) in [6.07, 6.45) is 0. The summed E-state index contributed by atoms with van der Waals surface area (Å²) in [6, 6.07) is 53.3. The molecule has 0 atom stereocenters. The first-order valence-electron chi connectivity index (χ1n) is 16.7. The summed E-state index contributed by atoms with van der Waals surface area (Å²) in [4.78, 5) is 13.1. The van der Waals surface area contributed by atoms with E-state index in [1.165, 1.54) is 0 Å². The molecule has 0 radical (unpaired) electrons. The van der Waals surface area contributed by atoms with Crippen LogP contribution in [-0.4, -0.2) is 14.5 Å². The summed E-state index contributed by atoms with van der Waals surface area (Å²) in [5, 5.41) is 2.15. The molecule has 0 aliphatic rings. The van der Waals surface area contributed by atoms with E-state index in [2.05, 4.69) is 94.3 Å². The highest BCUT2D eigenvalue weighted by atomic mass is 16.4. The third kappa shape index (κ3) is 4.87. The van der Waals surface area contributed by atoms with E-state index in [1.807, 2.05) is 72.8 Å². The van der Waals surface area contributed by atoms with E-state index >= 15 is 0 Å². The summed E-state index contributed by atoms with van der Waals surface area (Å²) < 4.78 is 14.7. The van der Waals surface area contributed by atoms with Crippen molar-refractivity contribution in [2.75, 3.05) is 0 Å². The fourth-order valence-electron chi connectivity index (χ4n) is 6.97. The molecule has 0 spiro atoms. The molecule has 3 heterocycles. The van der Waals surface area contributed by atoms with E-state index in [0.29, 0.717) is 17.5 Å². The van der Waals surface area contributed by atoms with Crippen molar-refractivity contribution in [2.45, 2.75) is 0 Å². The zero-order valence-electron chi connectivity index (χ0n) is 27.1. The van der Waals surface area contributed by atoms with Crippen LogP contribution in [0.15, 0.2) is 167 Å². The zero-order chi connectivity index (χ0) is 33.9. The van der Waals surface area contributed by atoms with Gasteiger partial charge in [-0.05, 0) is 101 Å². The minimum Gasteiger partial charge on any atom is -0.436 e. The van der Waals surface area contributed by atoms with Gasteiger partial charge in [0.15, 0.2) is 16.9 Å². The second-order valence-electron chi connectivity index (χ2n) is 12.6. The lowest BCUT2D eigenvalue weighted by molar-refractivity contribution is 0.619. The smallest absolute Gasteiger partial charge is 0.227 e. The van der Waals surface area contributed by atoms with Crippen molar-refractivity contribution in [1.29, 1.82) is 0 Å². The third-order valence-corrected chi connectivity index (χ3v) is 9.50. The molecule has 10 aromatic rings.